The number of aryl methyl sites for hydroxylation is 1. The van der Waals surface area contributed by atoms with E-state index in [1.54, 1.807) is 0 Å². The van der Waals surface area contributed by atoms with Crippen LogP contribution in [0.5, 0.6) is 0 Å². The summed E-state index contributed by atoms with van der Waals surface area (Å²) in [5.74, 6) is 1.49. The minimum absolute atomic E-state index is 0.182. The fourth-order valence-electron chi connectivity index (χ4n) is 4.40. The van der Waals surface area contributed by atoms with Gasteiger partial charge in [-0.25, -0.2) is 9.97 Å². The van der Waals surface area contributed by atoms with Crippen LogP contribution in [0.15, 0.2) is 30.6 Å². The molecule has 1 heterocycles. The van der Waals surface area contributed by atoms with E-state index in [0.29, 0.717) is 11.7 Å². The Bertz CT molecular complexity index is 874. The van der Waals surface area contributed by atoms with Gasteiger partial charge in [0.05, 0.1) is 0 Å². The van der Waals surface area contributed by atoms with Crippen LogP contribution >= 0.6 is 0 Å². The molecule has 30 heavy (non-hydrogen) atoms. The van der Waals surface area contributed by atoms with Gasteiger partial charge in [0.15, 0.2) is 0 Å². The molecule has 6 heteroatoms. The molecule has 1 aromatic carbocycles. The third-order valence-electron chi connectivity index (χ3n) is 6.27. The van der Waals surface area contributed by atoms with E-state index in [1.807, 2.05) is 32.2 Å². The molecular weight excluding hydrogens is 374 g/mol. The number of carbonyl (C=O) groups excluding carboxylic acids is 1. The summed E-state index contributed by atoms with van der Waals surface area (Å²) in [6, 6.07) is 8.50. The molecule has 2 saturated carbocycles. The summed E-state index contributed by atoms with van der Waals surface area (Å²) in [6.45, 7) is 3.87. The molecule has 4 rings (SSSR count). The number of carbonyl (C=O) groups is 1. The molecule has 1 aromatic heterocycles. The predicted molar refractivity (Wildman–Crippen MR) is 121 cm³/mol. The number of nitrogens with one attached hydrogen (secondary N) is 2. The van der Waals surface area contributed by atoms with Gasteiger partial charge in [-0.2, -0.15) is 0 Å². The van der Waals surface area contributed by atoms with Crippen molar-refractivity contribution in [1.29, 1.82) is 0 Å². The Morgan fingerprint density at radius 1 is 1.10 bits per heavy atom. The second-order valence-electron chi connectivity index (χ2n) is 8.78. The number of anilines is 2. The Kier molecular flexibility index (Phi) is 6.62. The van der Waals surface area contributed by atoms with Crippen molar-refractivity contribution in [3.63, 3.8) is 0 Å². The van der Waals surface area contributed by atoms with Crippen molar-refractivity contribution < 1.29 is 4.79 Å². The largest absolute Gasteiger partial charge is 0.353 e. The van der Waals surface area contributed by atoms with E-state index >= 15 is 0 Å². The number of amides is 1. The van der Waals surface area contributed by atoms with Crippen molar-refractivity contribution in [1.82, 2.24) is 15.3 Å². The Morgan fingerprint density at radius 3 is 2.60 bits per heavy atom. The van der Waals surface area contributed by atoms with Crippen molar-refractivity contribution in [2.75, 3.05) is 23.8 Å². The Morgan fingerprint density at radius 2 is 1.90 bits per heavy atom. The van der Waals surface area contributed by atoms with Crippen LogP contribution in [0.1, 0.15) is 66.6 Å². The van der Waals surface area contributed by atoms with Crippen molar-refractivity contribution in [2.24, 2.45) is 5.92 Å². The SMILES string of the molecule is CNCc1ccc(NC(=O)c2cc(N(CC3CC3)C3CCCCC3)ncn2)c(C)c1. The monoisotopic (exact) mass is 407 g/mol. The standard InChI is InChI=1S/C24H33N5O/c1-17-12-19(14-25-2)10-11-21(17)28-24(30)22-13-23(27-16-26-22)29(15-18-8-9-18)20-6-4-3-5-7-20/h10-13,16,18,20,25H,3-9,14-15H2,1-2H3,(H,28,30). The van der Waals surface area contributed by atoms with Gasteiger partial charge in [0, 0.05) is 30.9 Å². The highest BCUT2D eigenvalue weighted by Gasteiger charge is 2.30. The van der Waals surface area contributed by atoms with E-state index in [1.165, 1.54) is 56.8 Å². The summed E-state index contributed by atoms with van der Waals surface area (Å²) in [5, 5.41) is 6.18. The van der Waals surface area contributed by atoms with Crippen molar-refractivity contribution in [3.8, 4) is 0 Å². The zero-order valence-electron chi connectivity index (χ0n) is 18.2. The fourth-order valence-corrected chi connectivity index (χ4v) is 4.40. The lowest BCUT2D eigenvalue weighted by Gasteiger charge is -2.35. The highest BCUT2D eigenvalue weighted by molar-refractivity contribution is 6.03. The molecule has 0 unspecified atom stereocenters. The van der Waals surface area contributed by atoms with Gasteiger partial charge in [-0.1, -0.05) is 31.4 Å². The van der Waals surface area contributed by atoms with Crippen LogP contribution < -0.4 is 15.5 Å². The lowest BCUT2D eigenvalue weighted by Crippen LogP contribution is -2.39. The molecule has 2 fully saturated rings. The fraction of sp³-hybridized carbons (Fsp3) is 0.542. The van der Waals surface area contributed by atoms with Gasteiger partial charge in [0.25, 0.3) is 5.91 Å². The zero-order chi connectivity index (χ0) is 20.9. The molecule has 2 N–H and O–H groups in total. The van der Waals surface area contributed by atoms with E-state index < -0.39 is 0 Å². The first-order chi connectivity index (χ1) is 14.6. The molecule has 0 bridgehead atoms. The number of hydrogen-bond acceptors (Lipinski definition) is 5. The third-order valence-corrected chi connectivity index (χ3v) is 6.27. The van der Waals surface area contributed by atoms with Gasteiger partial charge in [0.1, 0.15) is 17.8 Å². The lowest BCUT2D eigenvalue weighted by atomic mass is 9.94. The first-order valence-corrected chi connectivity index (χ1v) is 11.3. The Balaban J connectivity index is 1.50. The maximum atomic E-state index is 12.9. The first-order valence-electron chi connectivity index (χ1n) is 11.3. The number of aromatic nitrogens is 2. The highest BCUT2D eigenvalue weighted by Crippen LogP contribution is 2.34. The highest BCUT2D eigenvalue weighted by atomic mass is 16.1. The van der Waals surface area contributed by atoms with Crippen LogP contribution in [0.3, 0.4) is 0 Å². The number of rotatable bonds is 8. The smallest absolute Gasteiger partial charge is 0.274 e. The predicted octanol–water partition coefficient (Wildman–Crippen LogP) is 4.31. The average molecular weight is 408 g/mol. The van der Waals surface area contributed by atoms with E-state index in [-0.39, 0.29) is 5.91 Å². The molecule has 0 radical (unpaired) electrons. The third kappa shape index (κ3) is 5.17. The van der Waals surface area contributed by atoms with Gasteiger partial charge >= 0.3 is 0 Å². The summed E-state index contributed by atoms with van der Waals surface area (Å²) < 4.78 is 0. The second-order valence-corrected chi connectivity index (χ2v) is 8.78. The molecule has 1 amide bonds. The van der Waals surface area contributed by atoms with Crippen LogP contribution in [0.4, 0.5) is 11.5 Å². The van der Waals surface area contributed by atoms with E-state index in [9.17, 15) is 4.79 Å². The van der Waals surface area contributed by atoms with Crippen molar-refractivity contribution in [2.45, 2.75) is 64.5 Å². The Labute approximate surface area is 179 Å². The molecule has 2 aliphatic rings. The second kappa shape index (κ2) is 9.56. The summed E-state index contributed by atoms with van der Waals surface area (Å²) in [7, 11) is 1.93. The molecule has 0 spiro atoms. The van der Waals surface area contributed by atoms with E-state index in [4.69, 9.17) is 0 Å². The average Bonchev–Trinajstić information content (AvgIpc) is 3.59. The summed E-state index contributed by atoms with van der Waals surface area (Å²) >= 11 is 0. The van der Waals surface area contributed by atoms with E-state index in [2.05, 4.69) is 31.6 Å². The number of nitrogens with zero attached hydrogens (tertiary/aromatic N) is 3. The maximum absolute atomic E-state index is 12.9. The van der Waals surface area contributed by atoms with E-state index in [0.717, 1.165) is 36.1 Å². The van der Waals surface area contributed by atoms with Gasteiger partial charge in [-0.15, -0.1) is 0 Å². The summed E-state index contributed by atoms with van der Waals surface area (Å²) in [5.41, 5.74) is 3.49. The number of benzene rings is 1. The first kappa shape index (κ1) is 20.8. The van der Waals surface area contributed by atoms with Crippen LogP contribution in [0.2, 0.25) is 0 Å². The van der Waals surface area contributed by atoms with Crippen LogP contribution in [-0.2, 0) is 6.54 Å². The van der Waals surface area contributed by atoms with Gasteiger partial charge in [-0.05, 0) is 62.8 Å². The molecule has 6 nitrogen and oxygen atoms in total. The van der Waals surface area contributed by atoms with Crippen LogP contribution in [0.25, 0.3) is 0 Å². The molecular formula is C24H33N5O. The summed E-state index contributed by atoms with van der Waals surface area (Å²) in [6.07, 6.45) is 10.5. The normalized spacial score (nSPS) is 17.0. The number of hydrogen-bond donors (Lipinski definition) is 2. The van der Waals surface area contributed by atoms with Crippen molar-refractivity contribution >= 4 is 17.4 Å². The van der Waals surface area contributed by atoms with Gasteiger partial charge < -0.3 is 15.5 Å². The maximum Gasteiger partial charge on any atom is 0.274 e. The van der Waals surface area contributed by atoms with Gasteiger partial charge in [-0.3, -0.25) is 4.79 Å². The molecule has 0 atom stereocenters. The lowest BCUT2D eigenvalue weighted by molar-refractivity contribution is 0.102. The van der Waals surface area contributed by atoms with Crippen LogP contribution in [0, 0.1) is 12.8 Å². The Hall–Kier alpha value is -2.47. The quantitative estimate of drug-likeness (QED) is 0.682. The zero-order valence-corrected chi connectivity index (χ0v) is 18.2. The van der Waals surface area contributed by atoms with Gasteiger partial charge in [0.2, 0.25) is 0 Å². The minimum atomic E-state index is -0.182. The molecule has 2 aromatic rings. The molecule has 0 aliphatic heterocycles. The molecule has 2 aliphatic carbocycles. The van der Waals surface area contributed by atoms with Crippen molar-refractivity contribution in [3.05, 3.63) is 47.4 Å². The molecule has 160 valence electrons. The minimum Gasteiger partial charge on any atom is -0.353 e. The van der Waals surface area contributed by atoms with Crippen LogP contribution in [-0.4, -0.2) is 35.5 Å². The topological polar surface area (TPSA) is 70.2 Å². The molecule has 0 saturated heterocycles. The summed E-state index contributed by atoms with van der Waals surface area (Å²) in [4.78, 5) is 24.2.